The van der Waals surface area contributed by atoms with Gasteiger partial charge in [0, 0.05) is 26.2 Å². The lowest BCUT2D eigenvalue weighted by Crippen LogP contribution is -2.43. The summed E-state index contributed by atoms with van der Waals surface area (Å²) >= 11 is 0. The number of benzene rings is 1. The van der Waals surface area contributed by atoms with E-state index < -0.39 is 33.2 Å². The second-order valence-corrected chi connectivity index (χ2v) is 19.1. The van der Waals surface area contributed by atoms with Gasteiger partial charge in [0.1, 0.15) is 35.2 Å². The lowest BCUT2D eigenvalue weighted by molar-refractivity contribution is 0.0146. The van der Waals surface area contributed by atoms with Crippen LogP contribution in [0.4, 0.5) is 26.9 Å². The highest BCUT2D eigenvalue weighted by molar-refractivity contribution is 7.91. The predicted molar refractivity (Wildman–Crippen MR) is 197 cm³/mol. The van der Waals surface area contributed by atoms with E-state index >= 15 is 0 Å². The molecule has 0 bridgehead atoms. The van der Waals surface area contributed by atoms with E-state index in [-0.39, 0.29) is 17.6 Å². The number of carbonyl (C=O) groups is 2. The van der Waals surface area contributed by atoms with Crippen LogP contribution < -0.4 is 14.5 Å². The quantitative estimate of drug-likeness (QED) is 0.314. The summed E-state index contributed by atoms with van der Waals surface area (Å²) in [6.45, 7) is 17.2. The van der Waals surface area contributed by atoms with Gasteiger partial charge in [0.15, 0.2) is 15.7 Å². The first-order valence-electron chi connectivity index (χ1n) is 18.5. The van der Waals surface area contributed by atoms with Gasteiger partial charge in [0.25, 0.3) is 0 Å². The van der Waals surface area contributed by atoms with Crippen LogP contribution in [0.2, 0.25) is 0 Å². The minimum absolute atomic E-state index is 0.0347. The van der Waals surface area contributed by atoms with E-state index in [4.69, 9.17) is 14.2 Å². The second-order valence-electron chi connectivity index (χ2n) is 16.8. The molecular weight excluding hydrogens is 671 g/mol. The number of aromatic nitrogens is 2. The molecule has 1 aliphatic carbocycles. The third-order valence-corrected chi connectivity index (χ3v) is 12.2. The number of anilines is 3. The van der Waals surface area contributed by atoms with E-state index in [1.54, 1.807) is 0 Å². The van der Waals surface area contributed by atoms with Crippen LogP contribution in [-0.4, -0.2) is 84.4 Å². The average Bonchev–Trinajstić information content (AvgIpc) is 3.17. The standard InChI is InChI=1S/C38H55N5O7S/c1-24-21-29(27-11-9-26(10-12-27)28-13-15-42(16-14-28)35(44)49-37(3,4)5)22-30-32(24)48-25(2)31-33(41-17-19-51(46,47)20-18-41)39-23-40-34(31)43(30)36(45)50-38(6,7)8/h21-23,25-28H,9-20H2,1-8H3/t25-,26?,27?/m1/s1. The van der Waals surface area contributed by atoms with Crippen LogP contribution >= 0.6 is 0 Å². The smallest absolute Gasteiger partial charge is 0.420 e. The first-order chi connectivity index (χ1) is 23.9. The van der Waals surface area contributed by atoms with Gasteiger partial charge in [-0.2, -0.15) is 0 Å². The molecule has 0 unspecified atom stereocenters. The summed E-state index contributed by atoms with van der Waals surface area (Å²) in [7, 11) is -3.12. The van der Waals surface area contributed by atoms with Crippen molar-refractivity contribution in [2.24, 2.45) is 11.8 Å². The number of amides is 2. The van der Waals surface area contributed by atoms with Gasteiger partial charge < -0.3 is 24.0 Å². The molecule has 51 heavy (non-hydrogen) atoms. The van der Waals surface area contributed by atoms with Crippen molar-refractivity contribution in [2.45, 2.75) is 117 Å². The van der Waals surface area contributed by atoms with Crippen molar-refractivity contribution in [1.29, 1.82) is 0 Å². The molecule has 6 rings (SSSR count). The number of likely N-dealkylation sites (tertiary alicyclic amines) is 1. The number of hydrogen-bond donors (Lipinski definition) is 0. The normalized spacial score (nSPS) is 24.2. The number of sulfone groups is 1. The summed E-state index contributed by atoms with van der Waals surface area (Å²) in [5.74, 6) is 3.15. The molecule has 1 saturated carbocycles. The van der Waals surface area contributed by atoms with Gasteiger partial charge in [-0.05, 0) is 129 Å². The number of hydrogen-bond acceptors (Lipinski definition) is 10. The lowest BCUT2D eigenvalue weighted by atomic mass is 9.71. The van der Waals surface area contributed by atoms with E-state index in [1.807, 2.05) is 65.2 Å². The molecule has 0 spiro atoms. The van der Waals surface area contributed by atoms with Crippen molar-refractivity contribution < 1.29 is 32.2 Å². The van der Waals surface area contributed by atoms with Crippen LogP contribution in [0.25, 0.3) is 0 Å². The fraction of sp³-hybridized carbons (Fsp3) is 0.684. The zero-order chi connectivity index (χ0) is 36.9. The summed E-state index contributed by atoms with van der Waals surface area (Å²) < 4.78 is 42.8. The minimum atomic E-state index is -3.12. The number of nitrogens with zero attached hydrogens (tertiary/aromatic N) is 5. The highest BCUT2D eigenvalue weighted by atomic mass is 32.2. The van der Waals surface area contributed by atoms with E-state index in [9.17, 15) is 18.0 Å². The molecule has 0 radical (unpaired) electrons. The van der Waals surface area contributed by atoms with Crippen molar-refractivity contribution >= 4 is 39.3 Å². The third-order valence-electron chi connectivity index (χ3n) is 10.6. The molecule has 2 amide bonds. The van der Waals surface area contributed by atoms with Crippen molar-refractivity contribution in [3.63, 3.8) is 0 Å². The Morgan fingerprint density at radius 2 is 1.37 bits per heavy atom. The van der Waals surface area contributed by atoms with E-state index in [0.717, 1.165) is 62.7 Å². The minimum Gasteiger partial charge on any atom is -0.483 e. The van der Waals surface area contributed by atoms with Gasteiger partial charge in [-0.25, -0.2) is 32.9 Å². The molecule has 12 nitrogen and oxygen atoms in total. The monoisotopic (exact) mass is 725 g/mol. The summed E-state index contributed by atoms with van der Waals surface area (Å²) in [4.78, 5) is 41.4. The number of aryl methyl sites for hydroxylation is 1. The molecule has 1 atom stereocenters. The fourth-order valence-electron chi connectivity index (χ4n) is 8.08. The molecular formula is C38H55N5O7S. The first-order valence-corrected chi connectivity index (χ1v) is 20.3. The van der Waals surface area contributed by atoms with Crippen molar-refractivity contribution in [1.82, 2.24) is 14.9 Å². The number of rotatable bonds is 3. The topological polar surface area (TPSA) is 131 Å². The van der Waals surface area contributed by atoms with Gasteiger partial charge >= 0.3 is 12.2 Å². The molecule has 2 saturated heterocycles. The molecule has 0 N–H and O–H groups in total. The van der Waals surface area contributed by atoms with Gasteiger partial charge in [-0.15, -0.1) is 0 Å². The summed E-state index contributed by atoms with van der Waals surface area (Å²) in [5, 5.41) is 0. The maximum Gasteiger partial charge on any atom is 0.420 e. The van der Waals surface area contributed by atoms with Crippen LogP contribution in [0.1, 0.15) is 116 Å². The largest absolute Gasteiger partial charge is 0.483 e. The summed E-state index contributed by atoms with van der Waals surface area (Å²) in [6.07, 6.45) is 6.45. The summed E-state index contributed by atoms with van der Waals surface area (Å²) in [5.41, 5.74) is 2.04. The lowest BCUT2D eigenvalue weighted by Gasteiger charge is -2.39. The number of carbonyl (C=O) groups excluding carboxylic acids is 2. The Kier molecular flexibility index (Phi) is 10.3. The van der Waals surface area contributed by atoms with Gasteiger partial charge in [-0.3, -0.25) is 0 Å². The van der Waals surface area contributed by atoms with Crippen LogP contribution in [0.15, 0.2) is 18.5 Å². The zero-order valence-corrected chi connectivity index (χ0v) is 32.3. The predicted octanol–water partition coefficient (Wildman–Crippen LogP) is 7.47. The van der Waals surface area contributed by atoms with E-state index in [0.29, 0.717) is 59.5 Å². The highest BCUT2D eigenvalue weighted by Gasteiger charge is 2.40. The summed E-state index contributed by atoms with van der Waals surface area (Å²) in [6, 6.07) is 4.27. The Morgan fingerprint density at radius 1 is 0.804 bits per heavy atom. The first kappa shape index (κ1) is 37.2. The van der Waals surface area contributed by atoms with Crippen LogP contribution in [0.5, 0.6) is 5.75 Å². The molecule has 13 heteroatoms. The van der Waals surface area contributed by atoms with E-state index in [1.165, 1.54) is 11.2 Å². The van der Waals surface area contributed by atoms with Gasteiger partial charge in [0.2, 0.25) is 0 Å². The average molecular weight is 726 g/mol. The molecule has 3 fully saturated rings. The molecule has 3 aliphatic heterocycles. The molecule has 1 aromatic heterocycles. The maximum atomic E-state index is 14.2. The Morgan fingerprint density at radius 3 is 1.98 bits per heavy atom. The Labute approximate surface area is 303 Å². The Bertz CT molecular complexity index is 1720. The van der Waals surface area contributed by atoms with Crippen LogP contribution in [0, 0.1) is 18.8 Å². The fourth-order valence-corrected chi connectivity index (χ4v) is 9.28. The van der Waals surface area contributed by atoms with Crippen LogP contribution in [-0.2, 0) is 19.3 Å². The maximum absolute atomic E-state index is 14.2. The Balaban J connectivity index is 1.25. The van der Waals surface area contributed by atoms with Gasteiger partial charge in [-0.1, -0.05) is 6.07 Å². The SMILES string of the molecule is Cc1cc(C2CCC(C3CCN(C(=O)OC(C)(C)C)CC3)CC2)cc2c1O[C@H](C)c1c(N3CCS(=O)(=O)CC3)ncnc1N2C(=O)OC(C)(C)C. The number of fused-ring (bicyclic) bond motifs is 2. The van der Waals surface area contributed by atoms with Crippen molar-refractivity contribution in [3.05, 3.63) is 35.2 Å². The molecule has 1 aromatic carbocycles. The highest BCUT2D eigenvalue weighted by Crippen LogP contribution is 2.50. The third kappa shape index (κ3) is 8.39. The van der Waals surface area contributed by atoms with Crippen molar-refractivity contribution in [2.75, 3.05) is 47.5 Å². The second kappa shape index (κ2) is 14.1. The molecule has 280 valence electrons. The number of ether oxygens (including phenoxy) is 3. The zero-order valence-electron chi connectivity index (χ0n) is 31.5. The van der Waals surface area contributed by atoms with Crippen LogP contribution in [0.3, 0.4) is 0 Å². The molecule has 4 heterocycles. The van der Waals surface area contributed by atoms with E-state index in [2.05, 4.69) is 22.1 Å². The molecule has 2 aromatic rings. The molecule has 4 aliphatic rings. The Hall–Kier alpha value is -3.61. The number of piperidine rings is 1. The van der Waals surface area contributed by atoms with Gasteiger partial charge in [0.05, 0.1) is 22.8 Å². The van der Waals surface area contributed by atoms with Crippen molar-refractivity contribution in [3.8, 4) is 5.75 Å².